The van der Waals surface area contributed by atoms with Gasteiger partial charge in [0, 0.05) is 16.0 Å². The number of thiophene rings is 1. The molecule has 5 rings (SSSR count). The summed E-state index contributed by atoms with van der Waals surface area (Å²) >= 11 is 1.65. The lowest BCUT2D eigenvalue weighted by atomic mass is 9.96. The number of aromatic nitrogens is 3. The van der Waals surface area contributed by atoms with Crippen molar-refractivity contribution >= 4 is 29.1 Å². The summed E-state index contributed by atoms with van der Waals surface area (Å²) in [5, 5.41) is 29.6. The third kappa shape index (κ3) is 5.10. The first-order chi connectivity index (χ1) is 18.4. The first-order valence-corrected chi connectivity index (χ1v) is 13.7. The van der Waals surface area contributed by atoms with Crippen molar-refractivity contribution in [1.82, 2.24) is 14.8 Å². The van der Waals surface area contributed by atoms with Crippen molar-refractivity contribution in [1.29, 1.82) is 0 Å². The van der Waals surface area contributed by atoms with Gasteiger partial charge in [-0.2, -0.15) is 0 Å². The minimum absolute atomic E-state index is 0.549. The van der Waals surface area contributed by atoms with Gasteiger partial charge in [-0.3, -0.25) is 14.4 Å². The summed E-state index contributed by atoms with van der Waals surface area (Å²) in [5.74, 6) is -0.452. The number of carbonyl (C=O) groups is 1. The molecular weight excluding hydrogens is 508 g/mol. The highest BCUT2D eigenvalue weighted by Gasteiger charge is 2.36. The normalized spacial score (nSPS) is 16.0. The molecule has 2 aromatic heterocycles. The van der Waals surface area contributed by atoms with Crippen LogP contribution in [-0.4, -0.2) is 42.3 Å². The highest BCUT2D eigenvalue weighted by atomic mass is 32.1. The van der Waals surface area contributed by atoms with Gasteiger partial charge < -0.3 is 10.2 Å². The summed E-state index contributed by atoms with van der Waals surface area (Å²) in [6, 6.07) is 15.7. The van der Waals surface area contributed by atoms with E-state index in [9.17, 15) is 15.0 Å². The largest absolute Gasteiger partial charge is 0.481 e. The second kappa shape index (κ2) is 10.0. The van der Waals surface area contributed by atoms with Crippen molar-refractivity contribution in [3.05, 3.63) is 93.4 Å². The van der Waals surface area contributed by atoms with Crippen molar-refractivity contribution in [2.24, 2.45) is 10.9 Å². The Morgan fingerprint density at radius 2 is 1.74 bits per heavy atom. The number of aryl methyl sites for hydroxylation is 2. The minimum Gasteiger partial charge on any atom is -0.481 e. The molecule has 0 aliphatic carbocycles. The third-order valence-electron chi connectivity index (χ3n) is 7.11. The highest BCUT2D eigenvalue weighted by Crippen LogP contribution is 2.40. The molecule has 0 bridgehead atoms. The number of carboxylic acid groups (broad SMARTS) is 1. The lowest BCUT2D eigenvalue weighted by Gasteiger charge is -2.16. The van der Waals surface area contributed by atoms with Gasteiger partial charge in [-0.1, -0.05) is 54.6 Å². The predicted molar refractivity (Wildman–Crippen MR) is 156 cm³/mol. The van der Waals surface area contributed by atoms with E-state index in [-0.39, 0.29) is 0 Å². The lowest BCUT2D eigenvalue weighted by Crippen LogP contribution is -2.21. The van der Waals surface area contributed by atoms with Gasteiger partial charge in [0.1, 0.15) is 16.9 Å². The van der Waals surface area contributed by atoms with Crippen LogP contribution in [-0.2, 0) is 4.79 Å². The van der Waals surface area contributed by atoms with Crippen molar-refractivity contribution in [3.63, 3.8) is 0 Å². The van der Waals surface area contributed by atoms with E-state index >= 15 is 0 Å². The average molecular weight is 541 g/mol. The molecule has 2 aromatic carbocycles. The molecule has 0 amide bonds. The van der Waals surface area contributed by atoms with Crippen LogP contribution in [0, 0.1) is 26.7 Å². The number of benzene rings is 2. The van der Waals surface area contributed by atoms with Gasteiger partial charge in [-0.25, -0.2) is 0 Å². The molecule has 4 aromatic rings. The molecule has 1 unspecified atom stereocenters. The van der Waals surface area contributed by atoms with Gasteiger partial charge in [0.25, 0.3) is 0 Å². The second-order valence-electron chi connectivity index (χ2n) is 10.6. The summed E-state index contributed by atoms with van der Waals surface area (Å²) in [5.41, 5.74) is 6.03. The van der Waals surface area contributed by atoms with Gasteiger partial charge >= 0.3 is 5.97 Å². The molecule has 2 atom stereocenters. The van der Waals surface area contributed by atoms with Crippen LogP contribution in [0.2, 0.25) is 0 Å². The zero-order valence-corrected chi connectivity index (χ0v) is 23.7. The highest BCUT2D eigenvalue weighted by molar-refractivity contribution is 7.15. The maximum absolute atomic E-state index is 12.1. The summed E-state index contributed by atoms with van der Waals surface area (Å²) < 4.78 is 1.97. The van der Waals surface area contributed by atoms with Crippen molar-refractivity contribution in [2.75, 3.05) is 0 Å². The molecule has 1 aliphatic rings. The number of rotatable bonds is 6. The lowest BCUT2D eigenvalue weighted by molar-refractivity contribution is -0.141. The fourth-order valence-electron chi connectivity index (χ4n) is 4.76. The Morgan fingerprint density at radius 3 is 2.41 bits per heavy atom. The van der Waals surface area contributed by atoms with E-state index in [1.165, 1.54) is 4.88 Å². The number of fused-ring (bicyclic) bond motifs is 3. The maximum atomic E-state index is 12.1. The van der Waals surface area contributed by atoms with Crippen LogP contribution in [0.4, 0.5) is 0 Å². The number of aliphatic hydroxyl groups is 1. The van der Waals surface area contributed by atoms with E-state index in [2.05, 4.69) is 48.3 Å². The molecule has 0 radical (unpaired) electrons. The third-order valence-corrected chi connectivity index (χ3v) is 8.31. The van der Waals surface area contributed by atoms with Crippen LogP contribution in [0.25, 0.3) is 22.2 Å². The molecule has 0 saturated heterocycles. The first kappa shape index (κ1) is 26.7. The molecular formula is C31H32N4O3S. The van der Waals surface area contributed by atoms with Crippen LogP contribution >= 0.6 is 11.3 Å². The quantitative estimate of drug-likeness (QED) is 0.298. The molecule has 2 N–H and O–H groups in total. The van der Waals surface area contributed by atoms with Crippen molar-refractivity contribution in [2.45, 2.75) is 53.2 Å². The fourth-order valence-corrected chi connectivity index (χ4v) is 5.97. The Bertz CT molecular complexity index is 1620. The van der Waals surface area contributed by atoms with Gasteiger partial charge in [-0.15, -0.1) is 21.5 Å². The van der Waals surface area contributed by atoms with Crippen LogP contribution in [0.1, 0.15) is 65.6 Å². The van der Waals surface area contributed by atoms with E-state index in [1.54, 1.807) is 38.2 Å². The number of nitrogens with zero attached hydrogens (tertiary/aromatic N) is 4. The van der Waals surface area contributed by atoms with Crippen LogP contribution < -0.4 is 0 Å². The standard InChI is InChI=1S/C31H32N4O3S/c1-17-19(3)39-29-25(17)27(32-26(18(2)30(36)37)28-34-33-20(4)35(28)29)23-12-10-22(11-13-23)24-9-7-8-21(16-24)14-15-31(5,6)38/h7-16,18,26,38H,1-6H3,(H,36,37)/t18?,26-/m0/s1. The second-order valence-corrected chi connectivity index (χ2v) is 11.8. The molecule has 0 fully saturated rings. The van der Waals surface area contributed by atoms with Gasteiger partial charge in [0.05, 0.1) is 17.2 Å². The van der Waals surface area contributed by atoms with Crippen molar-refractivity contribution < 1.29 is 15.0 Å². The van der Waals surface area contributed by atoms with E-state index in [0.717, 1.165) is 44.1 Å². The van der Waals surface area contributed by atoms with E-state index in [4.69, 9.17) is 4.99 Å². The Hall–Kier alpha value is -3.88. The fraction of sp³-hybridized carbons (Fsp3) is 0.290. The Morgan fingerprint density at radius 1 is 1.05 bits per heavy atom. The van der Waals surface area contributed by atoms with Crippen LogP contribution in [0.5, 0.6) is 0 Å². The molecule has 200 valence electrons. The Labute approximate surface area is 232 Å². The Kier molecular flexibility index (Phi) is 6.86. The molecule has 39 heavy (non-hydrogen) atoms. The minimum atomic E-state index is -0.928. The number of aliphatic imine (C=N–C) groups is 1. The zero-order chi connectivity index (χ0) is 28.1. The number of hydrogen-bond acceptors (Lipinski definition) is 6. The van der Waals surface area contributed by atoms with Gasteiger partial charge in [0.15, 0.2) is 5.82 Å². The molecule has 0 spiro atoms. The summed E-state index contributed by atoms with van der Waals surface area (Å²) in [4.78, 5) is 18.3. The molecule has 1 aliphatic heterocycles. The number of carboxylic acids is 1. The first-order valence-electron chi connectivity index (χ1n) is 12.9. The van der Waals surface area contributed by atoms with Crippen molar-refractivity contribution in [3.8, 4) is 16.1 Å². The molecule has 3 heterocycles. The van der Waals surface area contributed by atoms with Crippen LogP contribution in [0.3, 0.4) is 0 Å². The smallest absolute Gasteiger partial charge is 0.308 e. The number of hydrogen-bond donors (Lipinski definition) is 2. The monoisotopic (exact) mass is 540 g/mol. The van der Waals surface area contributed by atoms with E-state index in [0.29, 0.717) is 11.6 Å². The number of aliphatic carboxylic acids is 1. The zero-order valence-electron chi connectivity index (χ0n) is 22.9. The SMILES string of the molecule is Cc1sc2c(c1C)C(c1ccc(-c3cccc(C=CC(C)(C)O)c3)cc1)=N[C@@H](C(C)C(=O)O)c1nnc(C)n1-2. The van der Waals surface area contributed by atoms with Gasteiger partial charge in [-0.05, 0) is 69.9 Å². The Balaban J connectivity index is 1.61. The van der Waals surface area contributed by atoms with Crippen LogP contribution in [0.15, 0.2) is 59.6 Å². The van der Waals surface area contributed by atoms with E-state index < -0.39 is 23.5 Å². The molecule has 7 nitrogen and oxygen atoms in total. The van der Waals surface area contributed by atoms with Gasteiger partial charge in [0.2, 0.25) is 0 Å². The molecule has 0 saturated carbocycles. The predicted octanol–water partition coefficient (Wildman–Crippen LogP) is 6.32. The topological polar surface area (TPSA) is 101 Å². The molecule has 8 heteroatoms. The summed E-state index contributed by atoms with van der Waals surface area (Å²) in [7, 11) is 0. The average Bonchev–Trinajstić information content (AvgIpc) is 3.36. The summed E-state index contributed by atoms with van der Waals surface area (Å²) in [6.07, 6.45) is 3.70. The summed E-state index contributed by atoms with van der Waals surface area (Å²) in [6.45, 7) is 11.2. The maximum Gasteiger partial charge on any atom is 0.308 e. The van der Waals surface area contributed by atoms with E-state index in [1.807, 2.05) is 41.8 Å².